The van der Waals surface area contributed by atoms with Crippen LogP contribution in [-0.2, 0) is 17.1 Å². The lowest BCUT2D eigenvalue weighted by Crippen LogP contribution is -2.31. The lowest BCUT2D eigenvalue weighted by atomic mass is 10.1. The van der Waals surface area contributed by atoms with E-state index in [4.69, 9.17) is 5.14 Å². The lowest BCUT2D eigenvalue weighted by molar-refractivity contribution is 0.0940. The highest BCUT2D eigenvalue weighted by atomic mass is 79.9. The number of hydrogen-bond acceptors (Lipinski definition) is 4. The summed E-state index contributed by atoms with van der Waals surface area (Å²) in [6.45, 7) is 0. The molecule has 0 aliphatic rings. The molecule has 28 heavy (non-hydrogen) atoms. The maximum atomic E-state index is 13.3. The molecular weight excluding hydrogens is 451 g/mol. The second-order valence-corrected chi connectivity index (χ2v) is 8.46. The van der Waals surface area contributed by atoms with Gasteiger partial charge in [-0.05, 0) is 51.8 Å². The Morgan fingerprint density at radius 3 is 2.50 bits per heavy atom. The van der Waals surface area contributed by atoms with Crippen molar-refractivity contribution in [2.45, 2.75) is 10.9 Å². The Morgan fingerprint density at radius 1 is 1.25 bits per heavy atom. The Balaban J connectivity index is 2.01. The zero-order valence-electron chi connectivity index (χ0n) is 14.6. The average Bonchev–Trinajstić information content (AvgIpc) is 3.05. The molecule has 0 aliphatic carbocycles. The van der Waals surface area contributed by atoms with Crippen molar-refractivity contribution in [3.8, 4) is 0 Å². The fraction of sp³-hybridized carbons (Fsp3) is 0.111. The third-order valence-corrected chi connectivity index (χ3v) is 5.71. The number of nitrogens with one attached hydrogen (secondary N) is 1. The van der Waals surface area contributed by atoms with Crippen molar-refractivity contribution in [1.29, 1.82) is 0 Å². The number of nitrogens with zero attached hydrogens (tertiary/aromatic N) is 2. The van der Waals surface area contributed by atoms with E-state index in [1.54, 1.807) is 36.1 Å². The van der Waals surface area contributed by atoms with E-state index < -0.39 is 27.8 Å². The third-order valence-electron chi connectivity index (χ3n) is 4.11. The molecule has 1 aromatic heterocycles. The molecule has 0 radical (unpaired) electrons. The summed E-state index contributed by atoms with van der Waals surface area (Å²) in [4.78, 5) is 17.0. The molecule has 0 saturated carbocycles. The summed E-state index contributed by atoms with van der Waals surface area (Å²) in [5, 5.41) is 7.98. The van der Waals surface area contributed by atoms with E-state index in [0.717, 1.165) is 0 Å². The quantitative estimate of drug-likeness (QED) is 0.601. The van der Waals surface area contributed by atoms with Crippen LogP contribution in [0.1, 0.15) is 27.8 Å². The van der Waals surface area contributed by atoms with Gasteiger partial charge in [-0.25, -0.2) is 22.9 Å². The molecule has 1 unspecified atom stereocenters. The molecule has 1 heterocycles. The van der Waals surface area contributed by atoms with Crippen LogP contribution in [0.25, 0.3) is 0 Å². The Hall–Kier alpha value is -2.56. The first-order valence-corrected chi connectivity index (χ1v) is 10.4. The van der Waals surface area contributed by atoms with Crippen LogP contribution in [-0.4, -0.2) is 23.9 Å². The number of halogens is 2. The van der Waals surface area contributed by atoms with E-state index in [1.807, 2.05) is 0 Å². The Labute approximate surface area is 169 Å². The van der Waals surface area contributed by atoms with Gasteiger partial charge in [-0.1, -0.05) is 12.1 Å². The zero-order valence-corrected chi connectivity index (χ0v) is 17.0. The SMILES string of the molecule is Cn1ccnc1C(NC(=O)c1cc(S(N)(=O)=O)ccc1Br)c1ccc(F)cc1. The van der Waals surface area contributed by atoms with Crippen LogP contribution >= 0.6 is 15.9 Å². The molecule has 3 aromatic rings. The molecule has 0 fully saturated rings. The van der Waals surface area contributed by atoms with Gasteiger partial charge < -0.3 is 9.88 Å². The lowest BCUT2D eigenvalue weighted by Gasteiger charge is -2.20. The van der Waals surface area contributed by atoms with E-state index in [-0.39, 0.29) is 10.5 Å². The molecule has 146 valence electrons. The smallest absolute Gasteiger partial charge is 0.253 e. The van der Waals surface area contributed by atoms with Gasteiger partial charge in [-0.2, -0.15) is 0 Å². The van der Waals surface area contributed by atoms with Crippen molar-refractivity contribution in [2.75, 3.05) is 0 Å². The molecule has 7 nitrogen and oxygen atoms in total. The van der Waals surface area contributed by atoms with Crippen molar-refractivity contribution >= 4 is 31.9 Å². The highest BCUT2D eigenvalue weighted by Gasteiger charge is 2.23. The number of imidazole rings is 1. The molecule has 0 spiro atoms. The number of amides is 1. The summed E-state index contributed by atoms with van der Waals surface area (Å²) in [5.74, 6) is -0.425. The second kappa shape index (κ2) is 7.82. The molecular formula is C18H16BrFN4O3S. The minimum atomic E-state index is -3.97. The minimum absolute atomic E-state index is 0.0906. The van der Waals surface area contributed by atoms with E-state index in [1.165, 1.54) is 30.3 Å². The van der Waals surface area contributed by atoms with Gasteiger partial charge in [0, 0.05) is 23.9 Å². The van der Waals surface area contributed by atoms with Crippen molar-refractivity contribution in [2.24, 2.45) is 12.2 Å². The van der Waals surface area contributed by atoms with Gasteiger partial charge in [0.25, 0.3) is 5.91 Å². The van der Waals surface area contributed by atoms with Gasteiger partial charge in [0.1, 0.15) is 17.7 Å². The van der Waals surface area contributed by atoms with Gasteiger partial charge >= 0.3 is 0 Å². The van der Waals surface area contributed by atoms with E-state index in [9.17, 15) is 17.6 Å². The Bertz CT molecular complexity index is 1130. The van der Waals surface area contributed by atoms with Crippen LogP contribution in [0.2, 0.25) is 0 Å². The number of hydrogen-bond donors (Lipinski definition) is 2. The minimum Gasteiger partial charge on any atom is -0.338 e. The monoisotopic (exact) mass is 466 g/mol. The summed E-state index contributed by atoms with van der Waals surface area (Å²) in [7, 11) is -2.20. The number of benzene rings is 2. The summed E-state index contributed by atoms with van der Waals surface area (Å²) in [5.41, 5.74) is 0.704. The van der Waals surface area contributed by atoms with Gasteiger partial charge in [0.15, 0.2) is 0 Å². The van der Waals surface area contributed by atoms with Gasteiger partial charge in [0.2, 0.25) is 10.0 Å². The number of rotatable bonds is 5. The molecule has 0 bridgehead atoms. The van der Waals surface area contributed by atoms with E-state index in [2.05, 4.69) is 26.2 Å². The number of carbonyl (C=O) groups excluding carboxylic acids is 1. The van der Waals surface area contributed by atoms with E-state index in [0.29, 0.717) is 15.9 Å². The van der Waals surface area contributed by atoms with Crippen LogP contribution in [0.4, 0.5) is 4.39 Å². The number of aryl methyl sites for hydroxylation is 1. The molecule has 1 atom stereocenters. The number of nitrogens with two attached hydrogens (primary N) is 1. The van der Waals surface area contributed by atoms with Crippen molar-refractivity contribution in [3.63, 3.8) is 0 Å². The van der Waals surface area contributed by atoms with Gasteiger partial charge in [-0.15, -0.1) is 0 Å². The summed E-state index contributed by atoms with van der Waals surface area (Å²) in [6.07, 6.45) is 3.30. The van der Waals surface area contributed by atoms with Crippen LogP contribution in [0.5, 0.6) is 0 Å². The first-order chi connectivity index (χ1) is 13.2. The first-order valence-electron chi connectivity index (χ1n) is 8.02. The largest absolute Gasteiger partial charge is 0.338 e. The Morgan fingerprint density at radius 2 is 1.93 bits per heavy atom. The molecule has 1 amide bonds. The molecule has 0 saturated heterocycles. The normalized spacial score (nSPS) is 12.6. The average molecular weight is 467 g/mol. The fourth-order valence-corrected chi connectivity index (χ4v) is 3.64. The number of primary sulfonamides is 1. The number of sulfonamides is 1. The summed E-state index contributed by atoms with van der Waals surface area (Å²) >= 11 is 3.25. The van der Waals surface area contributed by atoms with Crippen LogP contribution in [0.3, 0.4) is 0 Å². The maximum Gasteiger partial charge on any atom is 0.253 e. The standard InChI is InChI=1S/C18H16BrFN4O3S/c1-24-9-8-22-17(24)16(11-2-4-12(20)5-3-11)23-18(25)14-10-13(28(21,26)27)6-7-15(14)19/h2-10,16H,1H3,(H,23,25)(H2,21,26,27). The number of carbonyl (C=O) groups is 1. The second-order valence-electron chi connectivity index (χ2n) is 6.04. The highest BCUT2D eigenvalue weighted by molar-refractivity contribution is 9.10. The fourth-order valence-electron chi connectivity index (χ4n) is 2.67. The van der Waals surface area contributed by atoms with Crippen LogP contribution < -0.4 is 10.5 Å². The first kappa shape index (κ1) is 20.2. The topological polar surface area (TPSA) is 107 Å². The predicted molar refractivity (Wildman–Crippen MR) is 104 cm³/mol. The number of aromatic nitrogens is 2. The summed E-state index contributed by atoms with van der Waals surface area (Å²) < 4.78 is 38.7. The summed E-state index contributed by atoms with van der Waals surface area (Å²) in [6, 6.07) is 8.90. The zero-order chi connectivity index (χ0) is 20.5. The van der Waals surface area contributed by atoms with Gasteiger partial charge in [-0.3, -0.25) is 4.79 Å². The predicted octanol–water partition coefficient (Wildman–Crippen LogP) is 2.49. The van der Waals surface area contributed by atoms with Crippen molar-refractivity contribution in [3.05, 3.63) is 82.1 Å². The van der Waals surface area contributed by atoms with Crippen LogP contribution in [0, 0.1) is 5.82 Å². The molecule has 2 aromatic carbocycles. The van der Waals surface area contributed by atoms with Crippen molar-refractivity contribution in [1.82, 2.24) is 14.9 Å². The maximum absolute atomic E-state index is 13.3. The molecule has 3 N–H and O–H groups in total. The molecule has 0 aliphatic heterocycles. The van der Waals surface area contributed by atoms with Crippen LogP contribution in [0.15, 0.2) is 64.2 Å². The molecule has 3 rings (SSSR count). The van der Waals surface area contributed by atoms with E-state index >= 15 is 0 Å². The van der Waals surface area contributed by atoms with Crippen molar-refractivity contribution < 1.29 is 17.6 Å². The van der Waals surface area contributed by atoms with Gasteiger partial charge in [0.05, 0.1) is 10.5 Å². The Kier molecular flexibility index (Phi) is 5.64. The molecule has 10 heteroatoms. The third kappa shape index (κ3) is 4.29. The highest BCUT2D eigenvalue weighted by Crippen LogP contribution is 2.24.